The monoisotopic (exact) mass is 610 g/mol. The largest absolute Gasteiger partial charge is 0.299 e. The van der Waals surface area contributed by atoms with Crippen LogP contribution in [-0.4, -0.2) is 44.7 Å². The summed E-state index contributed by atoms with van der Waals surface area (Å²) in [5.41, 5.74) is -0.250. The molecule has 0 aliphatic rings. The molecule has 5 nitrogen and oxygen atoms in total. The summed E-state index contributed by atoms with van der Waals surface area (Å²) in [6, 6.07) is 0. The predicted molar refractivity (Wildman–Crippen MR) is 195 cm³/mol. The zero-order valence-corrected chi connectivity index (χ0v) is 30.7. The lowest BCUT2D eigenvalue weighted by atomic mass is 9.91. The lowest BCUT2D eigenvalue weighted by Crippen LogP contribution is -2.85. The molecule has 0 fully saturated rings. The third-order valence-electron chi connectivity index (χ3n) is 9.43. The Hall–Kier alpha value is -0.200. The highest BCUT2D eigenvalue weighted by Crippen LogP contribution is 2.24. The molecule has 2 atom stereocenters. The smallest absolute Gasteiger partial charge is 0.156 e. The van der Waals surface area contributed by atoms with Gasteiger partial charge in [-0.25, -0.2) is 0 Å². The summed E-state index contributed by atoms with van der Waals surface area (Å²) in [5.74, 6) is -0.376. The normalized spacial score (nSPS) is 14.7. The summed E-state index contributed by atoms with van der Waals surface area (Å²) in [6.45, 7) is 15.5. The number of rotatable bonds is 36. The topological polar surface area (TPSA) is 60.1 Å². The summed E-state index contributed by atoms with van der Waals surface area (Å²) in [5, 5.41) is 20.0. The molecule has 0 aliphatic heterocycles. The van der Waals surface area contributed by atoms with Crippen LogP contribution >= 0.6 is 0 Å². The van der Waals surface area contributed by atoms with Crippen molar-refractivity contribution in [2.75, 3.05) is 33.2 Å². The van der Waals surface area contributed by atoms with Crippen molar-refractivity contribution in [1.82, 2.24) is 26.6 Å². The first-order chi connectivity index (χ1) is 21.1. The van der Waals surface area contributed by atoms with Crippen LogP contribution in [0.2, 0.25) is 0 Å². The number of hydrogen-bond donors (Lipinski definition) is 5. The Kier molecular flexibility index (Phi) is 31.6. The molecule has 0 radical (unpaired) electrons. The van der Waals surface area contributed by atoms with E-state index in [-0.39, 0.29) is 11.4 Å². The molecule has 0 aliphatic carbocycles. The molecule has 0 saturated heterocycles. The lowest BCUT2D eigenvalue weighted by Gasteiger charge is -2.53. The Morgan fingerprint density at radius 2 is 0.698 bits per heavy atom. The molecule has 0 heterocycles. The van der Waals surface area contributed by atoms with Gasteiger partial charge in [0, 0.05) is 0 Å². The number of likely N-dealkylation sites (N-methyl/N-ethyl adjacent to an activating group) is 2. The maximum atomic E-state index is 4.09. The van der Waals surface area contributed by atoms with Gasteiger partial charge in [-0.1, -0.05) is 176 Å². The van der Waals surface area contributed by atoms with Crippen molar-refractivity contribution < 1.29 is 0 Å². The second-order valence-electron chi connectivity index (χ2n) is 13.4. The fourth-order valence-corrected chi connectivity index (χ4v) is 6.66. The molecule has 0 amide bonds. The van der Waals surface area contributed by atoms with Crippen LogP contribution in [0.4, 0.5) is 0 Å². The van der Waals surface area contributed by atoms with Crippen molar-refractivity contribution in [1.29, 1.82) is 0 Å². The number of unbranched alkanes of at least 4 members (excludes halogenated alkanes) is 21. The average molecular weight is 610 g/mol. The van der Waals surface area contributed by atoms with Crippen molar-refractivity contribution in [2.24, 2.45) is 0 Å². The van der Waals surface area contributed by atoms with E-state index in [0.29, 0.717) is 0 Å². The summed E-state index contributed by atoms with van der Waals surface area (Å²) in [7, 11) is 2.17. The van der Waals surface area contributed by atoms with E-state index in [1.165, 1.54) is 154 Å². The van der Waals surface area contributed by atoms with E-state index in [1.54, 1.807) is 0 Å². The van der Waals surface area contributed by atoms with Crippen LogP contribution in [0.25, 0.3) is 0 Å². The van der Waals surface area contributed by atoms with Gasteiger partial charge in [0.25, 0.3) is 0 Å². The molecule has 5 N–H and O–H groups in total. The Morgan fingerprint density at radius 1 is 0.349 bits per heavy atom. The maximum absolute atomic E-state index is 4.09. The van der Waals surface area contributed by atoms with Crippen molar-refractivity contribution in [3.63, 3.8) is 0 Å². The van der Waals surface area contributed by atoms with Gasteiger partial charge >= 0.3 is 0 Å². The van der Waals surface area contributed by atoms with Crippen LogP contribution in [0.5, 0.6) is 0 Å². The van der Waals surface area contributed by atoms with E-state index in [1.807, 2.05) is 0 Å². The molecule has 0 aromatic heterocycles. The van der Waals surface area contributed by atoms with Crippen LogP contribution in [-0.2, 0) is 0 Å². The highest BCUT2D eigenvalue weighted by Gasteiger charge is 2.49. The van der Waals surface area contributed by atoms with Gasteiger partial charge in [-0.3, -0.25) is 26.6 Å². The number of hydrogen-bond acceptors (Lipinski definition) is 5. The van der Waals surface area contributed by atoms with E-state index in [4.69, 9.17) is 0 Å². The first-order valence-corrected chi connectivity index (χ1v) is 19.8. The predicted octanol–water partition coefficient (Wildman–Crippen LogP) is 10.2. The summed E-state index contributed by atoms with van der Waals surface area (Å²) < 4.78 is 0. The fraction of sp³-hybridized carbons (Fsp3) is 1.00. The van der Waals surface area contributed by atoms with E-state index in [2.05, 4.69) is 68.3 Å². The molecular formula is C38H83N5. The van der Waals surface area contributed by atoms with Gasteiger partial charge in [0.2, 0.25) is 0 Å². The summed E-state index contributed by atoms with van der Waals surface area (Å²) >= 11 is 0. The minimum Gasteiger partial charge on any atom is -0.299 e. The van der Waals surface area contributed by atoms with Gasteiger partial charge in [0.05, 0.1) is 0 Å². The molecule has 2 unspecified atom stereocenters. The Bertz CT molecular complexity index is 544. The van der Waals surface area contributed by atoms with Crippen molar-refractivity contribution in [3.8, 4) is 0 Å². The maximum Gasteiger partial charge on any atom is 0.156 e. The van der Waals surface area contributed by atoms with E-state index in [9.17, 15) is 0 Å². The minimum absolute atomic E-state index is 0.250. The molecule has 0 aromatic carbocycles. The fourth-order valence-electron chi connectivity index (χ4n) is 6.66. The van der Waals surface area contributed by atoms with Gasteiger partial charge in [-0.05, 0) is 58.9 Å². The molecule has 5 heteroatoms. The zero-order chi connectivity index (χ0) is 31.7. The van der Waals surface area contributed by atoms with Gasteiger partial charge in [0.1, 0.15) is 5.66 Å². The number of nitrogens with one attached hydrogen (secondary N) is 5. The van der Waals surface area contributed by atoms with Crippen molar-refractivity contribution in [3.05, 3.63) is 0 Å². The second kappa shape index (κ2) is 31.8. The first kappa shape index (κ1) is 42.8. The van der Waals surface area contributed by atoms with E-state index < -0.39 is 0 Å². The summed E-state index contributed by atoms with van der Waals surface area (Å²) in [4.78, 5) is 0. The second-order valence-corrected chi connectivity index (χ2v) is 13.4. The van der Waals surface area contributed by atoms with Crippen LogP contribution in [0.1, 0.15) is 202 Å². The first-order valence-electron chi connectivity index (χ1n) is 19.8. The highest BCUT2D eigenvalue weighted by atomic mass is 15.5. The summed E-state index contributed by atoms with van der Waals surface area (Å²) in [6.07, 6.45) is 35.0. The van der Waals surface area contributed by atoms with E-state index >= 15 is 0 Å². The Morgan fingerprint density at radius 3 is 1.07 bits per heavy atom. The molecule has 0 spiro atoms. The lowest BCUT2D eigenvalue weighted by molar-refractivity contribution is 0.0248. The zero-order valence-electron chi connectivity index (χ0n) is 30.7. The van der Waals surface area contributed by atoms with Crippen LogP contribution in [0.3, 0.4) is 0 Å². The molecule has 0 aromatic rings. The standard InChI is InChI=1S/C38H83N5/c1-7-12-15-18-20-22-23-24-25-26-28-30-33-37(39-6,40-11-5)38(41-34-10-4,42-35-31-17-14-9-3)43-36-32-29-27-21-19-16-13-8-2/h39-43H,7-36H2,1-6H3. The minimum atomic E-state index is -0.376. The molecule has 0 bridgehead atoms. The molecule has 0 saturated carbocycles. The van der Waals surface area contributed by atoms with Crippen LogP contribution < -0.4 is 26.6 Å². The van der Waals surface area contributed by atoms with Crippen molar-refractivity contribution >= 4 is 0 Å². The quantitative estimate of drug-likeness (QED) is 0.0361. The average Bonchev–Trinajstić information content (AvgIpc) is 3.02. The third kappa shape index (κ3) is 21.3. The van der Waals surface area contributed by atoms with Crippen LogP contribution in [0, 0.1) is 0 Å². The molecule has 260 valence electrons. The van der Waals surface area contributed by atoms with Gasteiger partial charge in [0.15, 0.2) is 5.79 Å². The van der Waals surface area contributed by atoms with Crippen LogP contribution in [0.15, 0.2) is 0 Å². The van der Waals surface area contributed by atoms with Gasteiger partial charge in [-0.15, -0.1) is 0 Å². The third-order valence-corrected chi connectivity index (χ3v) is 9.43. The highest BCUT2D eigenvalue weighted by molar-refractivity contribution is 5.05. The SMILES string of the molecule is CCCCCCCCCCCCCCC(NC)(NCC)C(NCCC)(NCCCCCC)NCCCCCCCCCC. The molecule has 43 heavy (non-hydrogen) atoms. The molecule has 0 rings (SSSR count). The Labute approximate surface area is 272 Å². The molecular weight excluding hydrogens is 526 g/mol. The van der Waals surface area contributed by atoms with Crippen molar-refractivity contribution in [2.45, 2.75) is 213 Å². The van der Waals surface area contributed by atoms with Gasteiger partial charge in [-0.2, -0.15) is 0 Å². The van der Waals surface area contributed by atoms with E-state index in [0.717, 1.165) is 39.0 Å². The Balaban J connectivity index is 5.17. The van der Waals surface area contributed by atoms with Gasteiger partial charge < -0.3 is 0 Å².